The van der Waals surface area contributed by atoms with Gasteiger partial charge in [-0.3, -0.25) is 9.59 Å². The van der Waals surface area contributed by atoms with Crippen molar-refractivity contribution < 1.29 is 14.0 Å². The normalized spacial score (nSPS) is 18.3. The molecule has 2 N–H and O–H groups in total. The summed E-state index contributed by atoms with van der Waals surface area (Å²) in [5.74, 6) is -1.11. The Bertz CT molecular complexity index is 716. The van der Waals surface area contributed by atoms with E-state index >= 15 is 0 Å². The molecule has 2 aromatic rings. The third-order valence-corrected chi connectivity index (χ3v) is 4.81. The number of carbonyl (C=O) groups is 2. The first-order chi connectivity index (χ1) is 9.58. The highest BCUT2D eigenvalue weighted by molar-refractivity contribution is 7.21. The van der Waals surface area contributed by atoms with Crippen molar-refractivity contribution in [1.82, 2.24) is 10.6 Å². The molecule has 7 heteroatoms. The van der Waals surface area contributed by atoms with Crippen LogP contribution in [0.3, 0.4) is 0 Å². The van der Waals surface area contributed by atoms with Gasteiger partial charge in [0.2, 0.25) is 5.91 Å². The molecule has 1 aromatic carbocycles. The number of benzene rings is 1. The van der Waals surface area contributed by atoms with Gasteiger partial charge in [0, 0.05) is 16.6 Å². The van der Waals surface area contributed by atoms with Gasteiger partial charge in [0.05, 0.1) is 5.02 Å². The van der Waals surface area contributed by atoms with Crippen LogP contribution >= 0.6 is 22.9 Å². The molecule has 0 spiro atoms. The van der Waals surface area contributed by atoms with Crippen molar-refractivity contribution in [1.29, 1.82) is 0 Å². The van der Waals surface area contributed by atoms with Gasteiger partial charge in [0.25, 0.3) is 5.91 Å². The van der Waals surface area contributed by atoms with Crippen LogP contribution in [0, 0.1) is 5.82 Å². The third kappa shape index (κ3) is 2.14. The second-order valence-corrected chi connectivity index (χ2v) is 5.89. The first-order valence-electron chi connectivity index (χ1n) is 6.03. The fourth-order valence-corrected chi connectivity index (χ4v) is 3.63. The predicted octanol–water partition coefficient (Wildman–Crippen LogP) is 2.31. The van der Waals surface area contributed by atoms with Crippen molar-refractivity contribution >= 4 is 44.8 Å². The van der Waals surface area contributed by atoms with Gasteiger partial charge < -0.3 is 10.6 Å². The second-order valence-electron chi connectivity index (χ2n) is 4.46. The molecule has 4 nitrogen and oxygen atoms in total. The zero-order valence-electron chi connectivity index (χ0n) is 10.2. The molecule has 2 amide bonds. The van der Waals surface area contributed by atoms with Crippen molar-refractivity contribution in [3.63, 3.8) is 0 Å². The van der Waals surface area contributed by atoms with Gasteiger partial charge in [-0.25, -0.2) is 4.39 Å². The fourth-order valence-electron chi connectivity index (χ4n) is 2.17. The minimum atomic E-state index is -0.548. The number of hydrogen-bond acceptors (Lipinski definition) is 3. The lowest BCUT2D eigenvalue weighted by Gasteiger charge is -2.08. The maximum atomic E-state index is 13.7. The Morgan fingerprint density at radius 2 is 2.30 bits per heavy atom. The maximum absolute atomic E-state index is 13.7. The van der Waals surface area contributed by atoms with Crippen molar-refractivity contribution in [2.45, 2.75) is 12.5 Å². The zero-order chi connectivity index (χ0) is 14.3. The summed E-state index contributed by atoms with van der Waals surface area (Å²) in [6.45, 7) is 0.540. The number of rotatable bonds is 2. The standard InChI is InChI=1S/C13H10ClFN2O2S/c14-10-9-6(15)2-1-3-8(9)20-11(10)13(19)17-7-4-5-16-12(7)18/h1-3,7H,4-5H2,(H,16,18)(H,17,19). The van der Waals surface area contributed by atoms with E-state index in [2.05, 4.69) is 10.6 Å². The smallest absolute Gasteiger partial charge is 0.263 e. The molecule has 1 unspecified atom stereocenters. The minimum Gasteiger partial charge on any atom is -0.354 e. The van der Waals surface area contributed by atoms with Crippen molar-refractivity contribution in [2.24, 2.45) is 0 Å². The van der Waals surface area contributed by atoms with Gasteiger partial charge in [-0.1, -0.05) is 17.7 Å². The van der Waals surface area contributed by atoms with Crippen molar-refractivity contribution in [3.8, 4) is 0 Å². The average molecular weight is 313 g/mol. The first-order valence-corrected chi connectivity index (χ1v) is 7.22. The van der Waals surface area contributed by atoms with Crippen LogP contribution in [0.4, 0.5) is 4.39 Å². The maximum Gasteiger partial charge on any atom is 0.263 e. The average Bonchev–Trinajstić information content (AvgIpc) is 2.95. The molecule has 3 rings (SSSR count). The van der Waals surface area contributed by atoms with Crippen LogP contribution in [-0.4, -0.2) is 24.4 Å². The molecule has 0 radical (unpaired) electrons. The fraction of sp³-hybridized carbons (Fsp3) is 0.231. The number of hydrogen-bond donors (Lipinski definition) is 2. The van der Waals surface area contributed by atoms with E-state index in [-0.39, 0.29) is 21.2 Å². The Morgan fingerprint density at radius 3 is 2.95 bits per heavy atom. The van der Waals surface area contributed by atoms with Gasteiger partial charge in [0.15, 0.2) is 0 Å². The first kappa shape index (κ1) is 13.3. The molecule has 0 bridgehead atoms. The summed E-state index contributed by atoms with van der Waals surface area (Å²) in [4.78, 5) is 23.8. The lowest BCUT2D eigenvalue weighted by molar-refractivity contribution is -0.120. The number of amides is 2. The summed E-state index contributed by atoms with van der Waals surface area (Å²) in [6, 6.07) is 4.02. The summed E-state index contributed by atoms with van der Waals surface area (Å²) in [7, 11) is 0. The Hall–Kier alpha value is -1.66. The van der Waals surface area contributed by atoms with Crippen LogP contribution in [-0.2, 0) is 4.79 Å². The molecular weight excluding hydrogens is 303 g/mol. The highest BCUT2D eigenvalue weighted by Crippen LogP contribution is 2.36. The molecule has 1 aliphatic heterocycles. The third-order valence-electron chi connectivity index (χ3n) is 3.17. The van der Waals surface area contributed by atoms with Crippen molar-refractivity contribution in [3.05, 3.63) is 33.9 Å². The van der Waals surface area contributed by atoms with E-state index in [4.69, 9.17) is 11.6 Å². The summed E-state index contributed by atoms with van der Waals surface area (Å²) in [6.07, 6.45) is 0.543. The Labute approximate surface area is 122 Å². The van der Waals surface area contributed by atoms with Gasteiger partial charge >= 0.3 is 0 Å². The Morgan fingerprint density at radius 1 is 1.50 bits per heavy atom. The van der Waals surface area contributed by atoms with Crippen LogP contribution in [0.15, 0.2) is 18.2 Å². The molecule has 1 fully saturated rings. The molecule has 1 atom stereocenters. The topological polar surface area (TPSA) is 58.2 Å². The summed E-state index contributed by atoms with van der Waals surface area (Å²) in [5, 5.41) is 5.60. The number of thiophene rings is 1. The molecule has 0 aliphatic carbocycles. The summed E-state index contributed by atoms with van der Waals surface area (Å²) < 4.78 is 14.3. The van der Waals surface area contributed by atoms with Gasteiger partial charge in [-0.2, -0.15) is 0 Å². The number of halogens is 2. The molecule has 2 heterocycles. The lowest BCUT2D eigenvalue weighted by Crippen LogP contribution is -2.39. The summed E-state index contributed by atoms with van der Waals surface area (Å²) in [5.41, 5.74) is 0. The lowest BCUT2D eigenvalue weighted by atomic mass is 10.2. The summed E-state index contributed by atoms with van der Waals surface area (Å²) >= 11 is 7.20. The minimum absolute atomic E-state index is 0.0963. The van der Waals surface area contributed by atoms with E-state index in [0.717, 1.165) is 11.3 Å². The molecule has 104 valence electrons. The Balaban J connectivity index is 1.94. The van der Waals surface area contributed by atoms with Gasteiger partial charge in [-0.15, -0.1) is 11.3 Å². The Kier molecular flexibility index (Phi) is 3.35. The number of carbonyl (C=O) groups excluding carboxylic acids is 2. The SMILES string of the molecule is O=C(NC1CCNC1=O)c1sc2cccc(F)c2c1Cl. The van der Waals surface area contributed by atoms with Crippen LogP contribution in [0.1, 0.15) is 16.1 Å². The molecule has 20 heavy (non-hydrogen) atoms. The molecule has 1 aliphatic rings. The van der Waals surface area contributed by atoms with Crippen LogP contribution in [0.5, 0.6) is 0 Å². The van der Waals surface area contributed by atoms with E-state index in [9.17, 15) is 14.0 Å². The van der Waals surface area contributed by atoms with Crippen molar-refractivity contribution in [2.75, 3.05) is 6.54 Å². The van der Waals surface area contributed by atoms with Crippen LogP contribution in [0.2, 0.25) is 5.02 Å². The van der Waals surface area contributed by atoms with Crippen LogP contribution in [0.25, 0.3) is 10.1 Å². The highest BCUT2D eigenvalue weighted by Gasteiger charge is 2.28. The number of fused-ring (bicyclic) bond motifs is 1. The quantitative estimate of drug-likeness (QED) is 0.894. The highest BCUT2D eigenvalue weighted by atomic mass is 35.5. The monoisotopic (exact) mass is 312 g/mol. The van der Waals surface area contributed by atoms with Crippen LogP contribution < -0.4 is 10.6 Å². The second kappa shape index (κ2) is 5.03. The molecular formula is C13H10ClFN2O2S. The van der Waals surface area contributed by atoms with Gasteiger partial charge in [0.1, 0.15) is 16.7 Å². The van der Waals surface area contributed by atoms with E-state index in [1.165, 1.54) is 6.07 Å². The zero-order valence-corrected chi connectivity index (χ0v) is 11.8. The van der Waals surface area contributed by atoms with E-state index in [0.29, 0.717) is 17.7 Å². The number of nitrogens with one attached hydrogen (secondary N) is 2. The van der Waals surface area contributed by atoms with E-state index < -0.39 is 17.8 Å². The molecule has 0 saturated carbocycles. The van der Waals surface area contributed by atoms with Gasteiger partial charge in [-0.05, 0) is 18.6 Å². The predicted molar refractivity (Wildman–Crippen MR) is 75.7 cm³/mol. The molecule has 1 aromatic heterocycles. The molecule has 1 saturated heterocycles. The van der Waals surface area contributed by atoms with E-state index in [1.807, 2.05) is 0 Å². The largest absolute Gasteiger partial charge is 0.354 e. The van der Waals surface area contributed by atoms with E-state index in [1.54, 1.807) is 12.1 Å².